The minimum absolute atomic E-state index is 0.107. The topological polar surface area (TPSA) is 23.5 Å². The Hall–Kier alpha value is -0.0800. The second-order valence-corrected chi connectivity index (χ2v) is 6.88. The smallest absolute Gasteiger partial charge is 0.0631 e. The Labute approximate surface area is 106 Å². The Morgan fingerprint density at radius 1 is 1.18 bits per heavy atom. The van der Waals surface area contributed by atoms with E-state index in [4.69, 9.17) is 0 Å². The maximum Gasteiger partial charge on any atom is 0.0631 e. The largest absolute Gasteiger partial charge is 0.392 e. The second kappa shape index (κ2) is 5.27. The molecule has 2 aliphatic rings. The van der Waals surface area contributed by atoms with E-state index in [2.05, 4.69) is 25.7 Å². The first-order valence-corrected chi connectivity index (χ1v) is 7.43. The molecule has 1 N–H and O–H groups in total. The predicted molar refractivity (Wildman–Crippen MR) is 72.0 cm³/mol. The van der Waals surface area contributed by atoms with Crippen molar-refractivity contribution in [2.75, 3.05) is 19.6 Å². The van der Waals surface area contributed by atoms with Crippen molar-refractivity contribution < 1.29 is 5.11 Å². The molecule has 17 heavy (non-hydrogen) atoms. The molecule has 2 fully saturated rings. The maximum absolute atomic E-state index is 10.5. The molecule has 0 spiro atoms. The zero-order chi connectivity index (χ0) is 12.5. The van der Waals surface area contributed by atoms with Crippen LogP contribution < -0.4 is 0 Å². The van der Waals surface area contributed by atoms with E-state index < -0.39 is 0 Å². The highest BCUT2D eigenvalue weighted by molar-refractivity contribution is 4.90. The van der Waals surface area contributed by atoms with Gasteiger partial charge in [0.2, 0.25) is 0 Å². The van der Waals surface area contributed by atoms with E-state index in [1.54, 1.807) is 0 Å². The number of hydrogen-bond acceptors (Lipinski definition) is 2. The van der Waals surface area contributed by atoms with Gasteiger partial charge in [0.25, 0.3) is 0 Å². The van der Waals surface area contributed by atoms with E-state index in [9.17, 15) is 5.11 Å². The summed E-state index contributed by atoms with van der Waals surface area (Å²) >= 11 is 0. The molecule has 0 radical (unpaired) electrons. The van der Waals surface area contributed by atoms with E-state index in [0.717, 1.165) is 19.0 Å². The highest BCUT2D eigenvalue weighted by atomic mass is 16.3. The van der Waals surface area contributed by atoms with Crippen LogP contribution in [0.25, 0.3) is 0 Å². The van der Waals surface area contributed by atoms with Gasteiger partial charge in [-0.3, -0.25) is 0 Å². The molecule has 0 aliphatic heterocycles. The maximum atomic E-state index is 10.5. The fourth-order valence-electron chi connectivity index (χ4n) is 3.28. The third-order valence-electron chi connectivity index (χ3n) is 4.80. The summed E-state index contributed by atoms with van der Waals surface area (Å²) in [6.07, 6.45) is 6.43. The Morgan fingerprint density at radius 3 is 2.47 bits per heavy atom. The van der Waals surface area contributed by atoms with Gasteiger partial charge < -0.3 is 10.0 Å². The van der Waals surface area contributed by atoms with Crippen molar-refractivity contribution in [2.45, 2.75) is 59.0 Å². The third-order valence-corrected chi connectivity index (χ3v) is 4.80. The standard InChI is InChI=1S/C15H29NO/c1-4-16(10-12-7-8-12)11-13-6-5-9-15(2,3)14(13)17/h12-14,17H,4-11H2,1-3H3. The van der Waals surface area contributed by atoms with Crippen molar-refractivity contribution in [2.24, 2.45) is 17.3 Å². The predicted octanol–water partition coefficient (Wildman–Crippen LogP) is 2.91. The van der Waals surface area contributed by atoms with Gasteiger partial charge in [0.1, 0.15) is 0 Å². The van der Waals surface area contributed by atoms with Gasteiger partial charge in [-0.2, -0.15) is 0 Å². The van der Waals surface area contributed by atoms with E-state index in [0.29, 0.717) is 5.92 Å². The molecule has 2 unspecified atom stereocenters. The number of aliphatic hydroxyl groups excluding tert-OH is 1. The van der Waals surface area contributed by atoms with Crippen LogP contribution in [0.5, 0.6) is 0 Å². The molecule has 100 valence electrons. The van der Waals surface area contributed by atoms with Crippen LogP contribution in [0.4, 0.5) is 0 Å². The molecule has 0 saturated heterocycles. The summed E-state index contributed by atoms with van der Waals surface area (Å²) in [6.45, 7) is 10.2. The number of hydrogen-bond donors (Lipinski definition) is 1. The summed E-state index contributed by atoms with van der Waals surface area (Å²) < 4.78 is 0. The summed E-state index contributed by atoms with van der Waals surface area (Å²) in [5.74, 6) is 1.46. The summed E-state index contributed by atoms with van der Waals surface area (Å²) in [5.41, 5.74) is 0.127. The summed E-state index contributed by atoms with van der Waals surface area (Å²) in [4.78, 5) is 2.56. The van der Waals surface area contributed by atoms with Gasteiger partial charge in [-0.1, -0.05) is 27.2 Å². The Kier molecular flexibility index (Phi) is 4.14. The monoisotopic (exact) mass is 239 g/mol. The molecular weight excluding hydrogens is 210 g/mol. The SMILES string of the molecule is CCN(CC1CC1)CC1CCCC(C)(C)C1O. The first-order valence-electron chi connectivity index (χ1n) is 7.43. The van der Waals surface area contributed by atoms with Gasteiger partial charge in [0, 0.05) is 13.1 Å². The molecule has 0 amide bonds. The normalized spacial score (nSPS) is 33.0. The number of rotatable bonds is 5. The van der Waals surface area contributed by atoms with Crippen LogP contribution in [0.3, 0.4) is 0 Å². The summed E-state index contributed by atoms with van der Waals surface area (Å²) in [6, 6.07) is 0. The third kappa shape index (κ3) is 3.45. The molecular formula is C15H29NO. The van der Waals surface area contributed by atoms with Crippen LogP contribution in [0.1, 0.15) is 52.9 Å². The molecule has 2 rings (SSSR count). The van der Waals surface area contributed by atoms with Crippen molar-refractivity contribution in [3.05, 3.63) is 0 Å². The van der Waals surface area contributed by atoms with Gasteiger partial charge in [0.05, 0.1) is 6.10 Å². The average molecular weight is 239 g/mol. The molecule has 2 aliphatic carbocycles. The highest BCUT2D eigenvalue weighted by Gasteiger charge is 2.38. The van der Waals surface area contributed by atoms with Crippen LogP contribution in [0.2, 0.25) is 0 Å². The molecule has 2 heteroatoms. The zero-order valence-corrected chi connectivity index (χ0v) is 11.8. The lowest BCUT2D eigenvalue weighted by Gasteiger charge is -2.42. The van der Waals surface area contributed by atoms with Crippen LogP contribution in [-0.4, -0.2) is 35.7 Å². The van der Waals surface area contributed by atoms with Crippen molar-refractivity contribution in [3.8, 4) is 0 Å². The quantitative estimate of drug-likeness (QED) is 0.797. The minimum atomic E-state index is -0.107. The second-order valence-electron chi connectivity index (χ2n) is 6.88. The van der Waals surface area contributed by atoms with E-state index >= 15 is 0 Å². The lowest BCUT2D eigenvalue weighted by Crippen LogP contribution is -2.45. The summed E-state index contributed by atoms with van der Waals surface area (Å²) in [5, 5.41) is 10.5. The molecule has 0 aromatic rings. The van der Waals surface area contributed by atoms with Crippen molar-refractivity contribution in [3.63, 3.8) is 0 Å². The van der Waals surface area contributed by atoms with Crippen LogP contribution in [-0.2, 0) is 0 Å². The van der Waals surface area contributed by atoms with E-state index in [1.807, 2.05) is 0 Å². The summed E-state index contributed by atoms with van der Waals surface area (Å²) in [7, 11) is 0. The lowest BCUT2D eigenvalue weighted by molar-refractivity contribution is -0.0428. The van der Waals surface area contributed by atoms with E-state index in [-0.39, 0.29) is 11.5 Å². The highest BCUT2D eigenvalue weighted by Crippen LogP contribution is 2.39. The first-order chi connectivity index (χ1) is 8.03. The number of aliphatic hydroxyl groups is 1. The Balaban J connectivity index is 1.86. The fraction of sp³-hybridized carbons (Fsp3) is 1.00. The average Bonchev–Trinajstić information content (AvgIpc) is 3.07. The van der Waals surface area contributed by atoms with Crippen LogP contribution >= 0.6 is 0 Å². The van der Waals surface area contributed by atoms with Gasteiger partial charge in [-0.05, 0) is 49.5 Å². The van der Waals surface area contributed by atoms with Crippen LogP contribution in [0.15, 0.2) is 0 Å². The van der Waals surface area contributed by atoms with Crippen molar-refractivity contribution >= 4 is 0 Å². The van der Waals surface area contributed by atoms with Gasteiger partial charge in [-0.25, -0.2) is 0 Å². The van der Waals surface area contributed by atoms with Gasteiger partial charge >= 0.3 is 0 Å². The fourth-order valence-corrected chi connectivity index (χ4v) is 3.28. The molecule has 2 atom stereocenters. The van der Waals surface area contributed by atoms with Crippen molar-refractivity contribution in [1.29, 1.82) is 0 Å². The first kappa shape index (κ1) is 13.4. The molecule has 2 saturated carbocycles. The molecule has 0 aromatic heterocycles. The van der Waals surface area contributed by atoms with E-state index in [1.165, 1.54) is 38.6 Å². The molecule has 0 aromatic carbocycles. The molecule has 0 heterocycles. The lowest BCUT2D eigenvalue weighted by atomic mass is 9.69. The Bertz CT molecular complexity index is 247. The van der Waals surface area contributed by atoms with Gasteiger partial charge in [0.15, 0.2) is 0 Å². The number of nitrogens with zero attached hydrogens (tertiary/aromatic N) is 1. The zero-order valence-electron chi connectivity index (χ0n) is 11.8. The van der Waals surface area contributed by atoms with Crippen molar-refractivity contribution in [1.82, 2.24) is 4.90 Å². The van der Waals surface area contributed by atoms with Crippen LogP contribution in [0, 0.1) is 17.3 Å². The minimum Gasteiger partial charge on any atom is -0.392 e. The molecule has 2 nitrogen and oxygen atoms in total. The van der Waals surface area contributed by atoms with Gasteiger partial charge in [-0.15, -0.1) is 0 Å². The Morgan fingerprint density at radius 2 is 1.88 bits per heavy atom. The molecule has 0 bridgehead atoms.